The predicted molar refractivity (Wildman–Crippen MR) is 103 cm³/mol. The number of aryl methyl sites for hydroxylation is 2. The summed E-state index contributed by atoms with van der Waals surface area (Å²) in [6, 6.07) is 6.22. The van der Waals surface area contributed by atoms with Crippen LogP contribution >= 0.6 is 0 Å². The maximum atomic E-state index is 13.1. The van der Waals surface area contributed by atoms with Crippen LogP contribution in [0.1, 0.15) is 63.3 Å². The molecule has 24 heavy (non-hydrogen) atoms. The van der Waals surface area contributed by atoms with E-state index in [9.17, 15) is 4.79 Å². The van der Waals surface area contributed by atoms with Gasteiger partial charge in [-0.15, -0.1) is 0 Å². The summed E-state index contributed by atoms with van der Waals surface area (Å²) in [6.07, 6.45) is 5.83. The average Bonchev–Trinajstić information content (AvgIpc) is 2.60. The highest BCUT2D eigenvalue weighted by Crippen LogP contribution is 2.14. The van der Waals surface area contributed by atoms with Gasteiger partial charge in [0.15, 0.2) is 5.43 Å². The molecule has 0 radical (unpaired) electrons. The zero-order chi connectivity index (χ0) is 17.5. The number of hydrogen-bond donors (Lipinski definition) is 2. The molecule has 2 rings (SSSR count). The van der Waals surface area contributed by atoms with E-state index < -0.39 is 0 Å². The van der Waals surface area contributed by atoms with Crippen molar-refractivity contribution >= 4 is 10.9 Å². The molecule has 0 saturated heterocycles. The Morgan fingerprint density at radius 3 is 2.29 bits per heavy atom. The molecule has 3 nitrogen and oxygen atoms in total. The molecule has 3 heteroatoms. The number of benzene rings is 1. The summed E-state index contributed by atoms with van der Waals surface area (Å²) >= 11 is 0. The van der Waals surface area contributed by atoms with Crippen LogP contribution in [0.4, 0.5) is 0 Å². The summed E-state index contributed by atoms with van der Waals surface area (Å²) < 4.78 is 0. The van der Waals surface area contributed by atoms with E-state index in [-0.39, 0.29) is 5.43 Å². The van der Waals surface area contributed by atoms with Gasteiger partial charge in [-0.1, -0.05) is 39.7 Å². The van der Waals surface area contributed by atoms with Crippen molar-refractivity contribution in [2.75, 3.05) is 13.1 Å². The van der Waals surface area contributed by atoms with Crippen molar-refractivity contribution in [2.45, 2.75) is 66.3 Å². The van der Waals surface area contributed by atoms with Crippen LogP contribution < -0.4 is 10.3 Å². The SMILES string of the molecule is CCCC[NH+](CCCC)Cc1c(C)[nH]c2ccc(CC)cc2c1=O. The molecule has 1 heterocycles. The fraction of sp³-hybridized carbons (Fsp3) is 0.571. The third-order valence-electron chi connectivity index (χ3n) is 4.98. The number of unbranched alkanes of at least 4 members (excludes halogenated alkanes) is 2. The minimum atomic E-state index is 0.224. The lowest BCUT2D eigenvalue weighted by molar-refractivity contribution is -0.914. The molecule has 0 unspecified atom stereocenters. The number of quaternary nitrogens is 1. The Morgan fingerprint density at radius 2 is 1.71 bits per heavy atom. The van der Waals surface area contributed by atoms with E-state index in [0.717, 1.165) is 48.2 Å². The summed E-state index contributed by atoms with van der Waals surface area (Å²) in [5.41, 5.74) is 4.41. The first-order valence-corrected chi connectivity index (χ1v) is 9.58. The second kappa shape index (κ2) is 9.03. The van der Waals surface area contributed by atoms with Crippen LogP contribution in [0.2, 0.25) is 0 Å². The van der Waals surface area contributed by atoms with Crippen molar-refractivity contribution in [1.29, 1.82) is 0 Å². The lowest BCUT2D eigenvalue weighted by Crippen LogP contribution is -3.10. The minimum absolute atomic E-state index is 0.224. The van der Waals surface area contributed by atoms with E-state index in [1.165, 1.54) is 31.2 Å². The molecule has 0 aliphatic heterocycles. The molecule has 0 aliphatic carbocycles. The first-order valence-electron chi connectivity index (χ1n) is 9.58. The highest BCUT2D eigenvalue weighted by molar-refractivity contribution is 5.80. The van der Waals surface area contributed by atoms with E-state index in [1.807, 2.05) is 13.0 Å². The first kappa shape index (κ1) is 18.7. The Hall–Kier alpha value is -1.61. The van der Waals surface area contributed by atoms with Gasteiger partial charge in [0.25, 0.3) is 0 Å². The summed E-state index contributed by atoms with van der Waals surface area (Å²) in [5.74, 6) is 0. The summed E-state index contributed by atoms with van der Waals surface area (Å²) in [7, 11) is 0. The lowest BCUT2D eigenvalue weighted by Gasteiger charge is -2.20. The summed E-state index contributed by atoms with van der Waals surface area (Å²) in [4.78, 5) is 18.1. The Balaban J connectivity index is 2.36. The van der Waals surface area contributed by atoms with Crippen molar-refractivity contribution in [2.24, 2.45) is 0 Å². The normalized spacial score (nSPS) is 11.5. The van der Waals surface area contributed by atoms with Crippen molar-refractivity contribution in [3.63, 3.8) is 0 Å². The molecule has 2 N–H and O–H groups in total. The summed E-state index contributed by atoms with van der Waals surface area (Å²) in [6.45, 7) is 11.8. The van der Waals surface area contributed by atoms with Crippen LogP contribution in [0.3, 0.4) is 0 Å². The second-order valence-corrected chi connectivity index (χ2v) is 6.93. The Kier molecular flexibility index (Phi) is 7.04. The number of fused-ring (bicyclic) bond motifs is 1. The molecule has 0 atom stereocenters. The smallest absolute Gasteiger partial charge is 0.198 e. The number of aromatic amines is 1. The van der Waals surface area contributed by atoms with Crippen LogP contribution in [0.15, 0.2) is 23.0 Å². The minimum Gasteiger partial charge on any atom is -0.358 e. The number of pyridine rings is 1. The number of H-pyrrole nitrogens is 1. The van der Waals surface area contributed by atoms with E-state index in [4.69, 9.17) is 0 Å². The summed E-state index contributed by atoms with van der Waals surface area (Å²) in [5, 5.41) is 0.847. The fourth-order valence-corrected chi connectivity index (χ4v) is 3.34. The topological polar surface area (TPSA) is 37.3 Å². The molecular formula is C21H33N2O+. The lowest BCUT2D eigenvalue weighted by atomic mass is 10.0. The van der Waals surface area contributed by atoms with Gasteiger partial charge in [-0.25, -0.2) is 0 Å². The van der Waals surface area contributed by atoms with Gasteiger partial charge >= 0.3 is 0 Å². The molecule has 0 fully saturated rings. The van der Waals surface area contributed by atoms with Crippen molar-refractivity contribution < 1.29 is 4.90 Å². The molecule has 0 spiro atoms. The van der Waals surface area contributed by atoms with E-state index in [2.05, 4.69) is 37.9 Å². The average molecular weight is 330 g/mol. The zero-order valence-electron chi connectivity index (χ0n) is 15.8. The van der Waals surface area contributed by atoms with Gasteiger partial charge in [-0.3, -0.25) is 4.79 Å². The highest BCUT2D eigenvalue weighted by atomic mass is 16.1. The molecule has 1 aromatic carbocycles. The number of rotatable bonds is 9. The number of nitrogens with one attached hydrogen (secondary N) is 2. The van der Waals surface area contributed by atoms with Gasteiger partial charge in [-0.2, -0.15) is 0 Å². The fourth-order valence-electron chi connectivity index (χ4n) is 3.34. The van der Waals surface area contributed by atoms with Gasteiger partial charge in [0.2, 0.25) is 0 Å². The first-order chi connectivity index (χ1) is 11.6. The molecule has 0 amide bonds. The monoisotopic (exact) mass is 329 g/mol. The third kappa shape index (κ3) is 4.47. The van der Waals surface area contributed by atoms with Gasteiger partial charge in [0.1, 0.15) is 6.54 Å². The third-order valence-corrected chi connectivity index (χ3v) is 4.98. The zero-order valence-corrected chi connectivity index (χ0v) is 15.8. The highest BCUT2D eigenvalue weighted by Gasteiger charge is 2.16. The van der Waals surface area contributed by atoms with Crippen molar-refractivity contribution in [1.82, 2.24) is 4.98 Å². The van der Waals surface area contributed by atoms with Crippen molar-refractivity contribution in [3.8, 4) is 0 Å². The van der Waals surface area contributed by atoms with Crippen molar-refractivity contribution in [3.05, 3.63) is 45.2 Å². The Labute approximate surface area is 146 Å². The molecule has 132 valence electrons. The van der Waals surface area contributed by atoms with E-state index in [0.29, 0.717) is 0 Å². The van der Waals surface area contributed by atoms with Gasteiger partial charge < -0.3 is 9.88 Å². The maximum Gasteiger partial charge on any atom is 0.198 e. The Bertz CT molecular complexity index is 710. The van der Waals surface area contributed by atoms with Crippen LogP contribution in [0.5, 0.6) is 0 Å². The van der Waals surface area contributed by atoms with E-state index in [1.54, 1.807) is 4.90 Å². The second-order valence-electron chi connectivity index (χ2n) is 6.93. The van der Waals surface area contributed by atoms with Gasteiger partial charge in [-0.05, 0) is 43.9 Å². The quantitative estimate of drug-likeness (QED) is 0.727. The van der Waals surface area contributed by atoms with E-state index >= 15 is 0 Å². The number of hydrogen-bond acceptors (Lipinski definition) is 1. The van der Waals surface area contributed by atoms with Crippen LogP contribution in [-0.4, -0.2) is 18.1 Å². The van der Waals surface area contributed by atoms with Gasteiger partial charge in [0, 0.05) is 16.6 Å². The number of aromatic nitrogens is 1. The predicted octanol–water partition coefficient (Wildman–Crippen LogP) is 3.38. The largest absolute Gasteiger partial charge is 0.358 e. The van der Waals surface area contributed by atoms with Crippen LogP contribution in [0.25, 0.3) is 10.9 Å². The standard InChI is InChI=1S/C21H32N2O/c1-5-8-12-23(13-9-6-2)15-19-16(4)22-20-11-10-17(7-3)14-18(20)21(19)24/h10-11,14H,5-9,12-13,15H2,1-4H3,(H,22,24)/p+1. The molecule has 1 aromatic heterocycles. The molecule has 0 aliphatic rings. The molecule has 0 bridgehead atoms. The van der Waals surface area contributed by atoms with Gasteiger partial charge in [0.05, 0.1) is 18.7 Å². The molecule has 0 saturated carbocycles. The molecular weight excluding hydrogens is 296 g/mol. The Morgan fingerprint density at radius 1 is 1.04 bits per heavy atom. The molecule has 2 aromatic rings. The van der Waals surface area contributed by atoms with Crippen LogP contribution in [-0.2, 0) is 13.0 Å². The maximum absolute atomic E-state index is 13.1. The van der Waals surface area contributed by atoms with Crippen LogP contribution in [0, 0.1) is 6.92 Å².